The summed E-state index contributed by atoms with van der Waals surface area (Å²) in [5.41, 5.74) is 0.368. The molecule has 0 bridgehead atoms. The van der Waals surface area contributed by atoms with Gasteiger partial charge in [0.2, 0.25) is 0 Å². The van der Waals surface area contributed by atoms with Crippen LogP contribution in [0.1, 0.15) is 17.4 Å². The van der Waals surface area contributed by atoms with Gasteiger partial charge in [-0.15, -0.1) is 0 Å². The highest BCUT2D eigenvalue weighted by Crippen LogP contribution is 2.04. The van der Waals surface area contributed by atoms with Gasteiger partial charge in [-0.05, 0) is 6.07 Å². The normalized spacial score (nSPS) is 12.0. The Hall–Kier alpha value is -1.85. The van der Waals surface area contributed by atoms with Crippen LogP contribution in [-0.4, -0.2) is 47.8 Å². The molecule has 6 heteroatoms. The van der Waals surface area contributed by atoms with Crippen LogP contribution in [0, 0.1) is 5.92 Å². The quantitative estimate of drug-likeness (QED) is 0.713. The Morgan fingerprint density at radius 3 is 2.71 bits per heavy atom. The van der Waals surface area contributed by atoms with Crippen molar-refractivity contribution in [3.63, 3.8) is 0 Å². The van der Waals surface area contributed by atoms with Gasteiger partial charge in [0, 0.05) is 20.3 Å². The van der Waals surface area contributed by atoms with E-state index in [1.807, 2.05) is 0 Å². The van der Waals surface area contributed by atoms with Crippen LogP contribution in [0.3, 0.4) is 0 Å². The van der Waals surface area contributed by atoms with Crippen LogP contribution in [-0.2, 0) is 16.1 Å². The van der Waals surface area contributed by atoms with Crippen molar-refractivity contribution in [1.82, 2.24) is 14.7 Å². The zero-order valence-corrected chi connectivity index (χ0v) is 10.5. The number of carbonyl (C=O) groups excluding carboxylic acids is 2. The molecular weight excluding hydrogens is 222 g/mol. The number of hydrogen-bond acceptors (Lipinski definition) is 4. The largest absolute Gasteiger partial charge is 0.469 e. The molecule has 17 heavy (non-hydrogen) atoms. The van der Waals surface area contributed by atoms with Gasteiger partial charge >= 0.3 is 5.97 Å². The number of hydrogen-bond donors (Lipinski definition) is 0. The summed E-state index contributed by atoms with van der Waals surface area (Å²) in [6.07, 6.45) is 1.68. The molecule has 1 heterocycles. The topological polar surface area (TPSA) is 64.4 Å². The van der Waals surface area contributed by atoms with Crippen LogP contribution < -0.4 is 0 Å². The van der Waals surface area contributed by atoms with Crippen molar-refractivity contribution in [2.45, 2.75) is 13.5 Å². The molecule has 0 saturated carbocycles. The molecule has 1 atom stereocenters. The van der Waals surface area contributed by atoms with Crippen molar-refractivity contribution < 1.29 is 14.3 Å². The van der Waals surface area contributed by atoms with Crippen LogP contribution in [0.5, 0.6) is 0 Å². The lowest BCUT2D eigenvalue weighted by Crippen LogP contribution is -2.23. The van der Waals surface area contributed by atoms with Gasteiger partial charge in [0.25, 0.3) is 5.91 Å². The molecule has 1 aromatic rings. The van der Waals surface area contributed by atoms with Gasteiger partial charge in [-0.1, -0.05) is 6.92 Å². The van der Waals surface area contributed by atoms with E-state index in [0.717, 1.165) is 0 Å². The van der Waals surface area contributed by atoms with E-state index in [1.54, 1.807) is 38.0 Å². The van der Waals surface area contributed by atoms with Gasteiger partial charge in [-0.2, -0.15) is 5.10 Å². The van der Waals surface area contributed by atoms with E-state index in [4.69, 9.17) is 0 Å². The van der Waals surface area contributed by atoms with Crippen LogP contribution in [0.2, 0.25) is 0 Å². The van der Waals surface area contributed by atoms with Crippen LogP contribution >= 0.6 is 0 Å². The molecule has 1 amide bonds. The minimum Gasteiger partial charge on any atom is -0.469 e. The second-order valence-electron chi connectivity index (χ2n) is 4.05. The Labute approximate surface area is 100 Å². The highest BCUT2D eigenvalue weighted by molar-refractivity contribution is 5.91. The third-order valence-corrected chi connectivity index (χ3v) is 2.33. The molecule has 0 aromatic carbocycles. The van der Waals surface area contributed by atoms with Gasteiger partial charge in [0.15, 0.2) is 0 Å². The number of esters is 1. The van der Waals surface area contributed by atoms with Crippen molar-refractivity contribution in [3.05, 3.63) is 18.0 Å². The number of nitrogens with zero attached hydrogens (tertiary/aromatic N) is 3. The maximum absolute atomic E-state index is 11.6. The second kappa shape index (κ2) is 5.47. The van der Waals surface area contributed by atoms with Gasteiger partial charge in [-0.25, -0.2) is 0 Å². The summed E-state index contributed by atoms with van der Waals surface area (Å²) in [6.45, 7) is 2.15. The molecule has 0 fully saturated rings. The summed E-state index contributed by atoms with van der Waals surface area (Å²) >= 11 is 0. The van der Waals surface area contributed by atoms with Crippen molar-refractivity contribution in [3.8, 4) is 0 Å². The number of methoxy groups -OCH3 is 1. The predicted molar refractivity (Wildman–Crippen MR) is 61.4 cm³/mol. The number of ether oxygens (including phenoxy) is 1. The lowest BCUT2D eigenvalue weighted by atomic mass is 10.2. The molecule has 0 aliphatic carbocycles. The Balaban J connectivity index is 2.69. The summed E-state index contributed by atoms with van der Waals surface area (Å²) in [7, 11) is 4.68. The van der Waals surface area contributed by atoms with E-state index in [9.17, 15) is 9.59 Å². The first-order valence-corrected chi connectivity index (χ1v) is 5.28. The van der Waals surface area contributed by atoms with E-state index in [0.29, 0.717) is 12.2 Å². The molecule has 94 valence electrons. The van der Waals surface area contributed by atoms with E-state index in [-0.39, 0.29) is 17.8 Å². The van der Waals surface area contributed by atoms with Crippen molar-refractivity contribution in [2.75, 3.05) is 21.2 Å². The van der Waals surface area contributed by atoms with E-state index in [2.05, 4.69) is 9.84 Å². The Bertz CT molecular complexity index is 412. The lowest BCUT2D eigenvalue weighted by Gasteiger charge is -2.09. The molecule has 0 N–H and O–H groups in total. The SMILES string of the molecule is COC(=O)C(C)Cn1ccc(C(=O)N(C)C)n1. The van der Waals surface area contributed by atoms with Crippen molar-refractivity contribution in [1.29, 1.82) is 0 Å². The molecule has 6 nitrogen and oxygen atoms in total. The smallest absolute Gasteiger partial charge is 0.310 e. The molecule has 1 unspecified atom stereocenters. The third-order valence-electron chi connectivity index (χ3n) is 2.33. The minimum absolute atomic E-state index is 0.158. The first kappa shape index (κ1) is 13.2. The molecule has 0 saturated heterocycles. The average Bonchev–Trinajstić information content (AvgIpc) is 2.74. The number of aromatic nitrogens is 2. The van der Waals surface area contributed by atoms with Gasteiger partial charge < -0.3 is 9.64 Å². The Kier molecular flexibility index (Phi) is 4.25. The standard InChI is InChI=1S/C11H17N3O3/c1-8(11(16)17-4)7-14-6-5-9(12-14)10(15)13(2)3/h5-6,8H,7H2,1-4H3. The number of carbonyl (C=O) groups is 2. The summed E-state index contributed by atoms with van der Waals surface area (Å²) in [6, 6.07) is 1.63. The lowest BCUT2D eigenvalue weighted by molar-refractivity contribution is -0.145. The summed E-state index contributed by atoms with van der Waals surface area (Å²) in [5, 5.41) is 4.11. The molecular formula is C11H17N3O3. The average molecular weight is 239 g/mol. The summed E-state index contributed by atoms with van der Waals surface area (Å²) in [4.78, 5) is 24.3. The molecule has 0 aliphatic rings. The van der Waals surface area contributed by atoms with Crippen LogP contribution in [0.25, 0.3) is 0 Å². The highest BCUT2D eigenvalue weighted by atomic mass is 16.5. The fraction of sp³-hybridized carbons (Fsp3) is 0.545. The zero-order valence-electron chi connectivity index (χ0n) is 10.5. The van der Waals surface area contributed by atoms with Crippen molar-refractivity contribution in [2.24, 2.45) is 5.92 Å². The fourth-order valence-corrected chi connectivity index (χ4v) is 1.36. The van der Waals surface area contributed by atoms with Gasteiger partial charge in [-0.3, -0.25) is 14.3 Å². The van der Waals surface area contributed by atoms with Gasteiger partial charge in [0.05, 0.1) is 19.6 Å². The maximum Gasteiger partial charge on any atom is 0.310 e. The third kappa shape index (κ3) is 3.30. The highest BCUT2D eigenvalue weighted by Gasteiger charge is 2.16. The fourth-order valence-electron chi connectivity index (χ4n) is 1.36. The minimum atomic E-state index is -0.291. The summed E-state index contributed by atoms with van der Waals surface area (Å²) in [5.74, 6) is -0.738. The maximum atomic E-state index is 11.6. The van der Waals surface area contributed by atoms with Crippen LogP contribution in [0.15, 0.2) is 12.3 Å². The monoisotopic (exact) mass is 239 g/mol. The number of rotatable bonds is 4. The summed E-state index contributed by atoms with van der Waals surface area (Å²) < 4.78 is 6.19. The van der Waals surface area contributed by atoms with Crippen molar-refractivity contribution >= 4 is 11.9 Å². The van der Waals surface area contributed by atoms with E-state index < -0.39 is 0 Å². The Morgan fingerprint density at radius 1 is 1.53 bits per heavy atom. The first-order valence-electron chi connectivity index (χ1n) is 5.28. The van der Waals surface area contributed by atoms with E-state index in [1.165, 1.54) is 12.0 Å². The van der Waals surface area contributed by atoms with Crippen LogP contribution in [0.4, 0.5) is 0 Å². The van der Waals surface area contributed by atoms with Gasteiger partial charge in [0.1, 0.15) is 5.69 Å². The molecule has 0 spiro atoms. The Morgan fingerprint density at radius 2 is 2.18 bits per heavy atom. The zero-order chi connectivity index (χ0) is 13.0. The van der Waals surface area contributed by atoms with E-state index >= 15 is 0 Å². The molecule has 1 rings (SSSR count). The predicted octanol–water partition coefficient (Wildman–Crippen LogP) is 0.394. The molecule has 0 radical (unpaired) electrons. The first-order chi connectivity index (χ1) is 7.95. The molecule has 0 aliphatic heterocycles. The second-order valence-corrected chi connectivity index (χ2v) is 4.05. The number of amides is 1. The molecule has 1 aromatic heterocycles.